The molecule has 3 fully saturated rings. The molecule has 9 aromatic heterocycles. The number of ether oxygens (including phenoxy) is 8. The number of nitrogens with zero attached hydrogens (tertiary/aromatic N) is 21. The third-order valence-electron chi connectivity index (χ3n) is 24.9. The Balaban J connectivity index is 0.000000137. The van der Waals surface area contributed by atoms with E-state index in [9.17, 15) is 14.0 Å². The summed E-state index contributed by atoms with van der Waals surface area (Å²) in [5.41, 5.74) is 20.0. The number of methoxy groups -OCH3 is 8. The largest absolute Gasteiger partial charge is 0.497 e. The highest BCUT2D eigenvalue weighted by Crippen LogP contribution is 2.43. The number of benzene rings is 8. The number of aromatic amines is 1. The maximum absolute atomic E-state index is 14.2. The van der Waals surface area contributed by atoms with E-state index in [0.29, 0.717) is 91.1 Å². The van der Waals surface area contributed by atoms with Crippen molar-refractivity contribution >= 4 is 138 Å². The molecule has 17 aromatic rings. The van der Waals surface area contributed by atoms with Crippen LogP contribution in [0.2, 0.25) is 4.34 Å². The SMILES string of the molecule is COC(=O)[C@@H]1CCCN1CCN(c1cc(OC)cc(OC)c1)c1ccc2ncc(-c3cnn(C)c3)nc2c1.COc1cc(F)cc(N(CC2CC2)c2ccc3ncc(-c4cnn(CCO)c4)nc3c2)c1.COc1cc(OC)cc(N(CCNC(=O)C2CCCN(C)C2)c2ccc3ncc(-c4cnn(C)c4)nc3c2)c1.COc1cc(OC)cc(N(Cc2ccc(Cl)s2)c2ccc3ncc(-c4cn[nH]c4)nc3c2)c1.S. The molecule has 2 saturated heterocycles. The number of H-pyrrole nitrogens is 1. The first-order valence-electron chi connectivity index (χ1n) is 46.5. The Morgan fingerprint density at radius 1 is 0.469 bits per heavy atom. The Kier molecular flexibility index (Phi) is 33.1. The molecule has 3 N–H and O–H groups in total. The van der Waals surface area contributed by atoms with Crippen LogP contribution in [0.15, 0.2) is 232 Å². The van der Waals surface area contributed by atoms with Gasteiger partial charge in [0.2, 0.25) is 5.91 Å². The van der Waals surface area contributed by atoms with E-state index in [-0.39, 0.29) is 49.8 Å². The second kappa shape index (κ2) is 47.0. The number of piperidine rings is 1. The zero-order chi connectivity index (χ0) is 98.9. The molecule has 0 bridgehead atoms. The second-order valence-corrected chi connectivity index (χ2v) is 36.3. The minimum atomic E-state index is -0.331. The number of halogens is 2. The third-order valence-corrected chi connectivity index (χ3v) is 26.1. The van der Waals surface area contributed by atoms with E-state index in [0.717, 1.165) is 190 Å². The van der Waals surface area contributed by atoms with Crippen molar-refractivity contribution in [3.8, 4) is 85.3 Å². The number of aromatic nitrogens is 16. The minimum absolute atomic E-state index is 0. The first-order valence-corrected chi connectivity index (χ1v) is 47.7. The molecule has 740 valence electrons. The second-order valence-electron chi connectivity index (χ2n) is 34.5. The first-order chi connectivity index (χ1) is 69.2. The van der Waals surface area contributed by atoms with Gasteiger partial charge in [-0.1, -0.05) is 11.6 Å². The zero-order valence-corrected chi connectivity index (χ0v) is 83.8. The lowest BCUT2D eigenvalue weighted by Gasteiger charge is -2.30. The lowest BCUT2D eigenvalue weighted by Crippen LogP contribution is -2.43. The molecule has 2 atom stereocenters. The summed E-state index contributed by atoms with van der Waals surface area (Å²) in [4.78, 5) is 77.2. The van der Waals surface area contributed by atoms with E-state index in [1.54, 1.807) is 131 Å². The molecule has 143 heavy (non-hydrogen) atoms. The van der Waals surface area contributed by atoms with Gasteiger partial charge in [0, 0.05) is 218 Å². The predicted octanol–water partition coefficient (Wildman–Crippen LogP) is 17.9. The Bertz CT molecular complexity index is 7190. The van der Waals surface area contributed by atoms with Crippen molar-refractivity contribution in [2.75, 3.05) is 142 Å². The van der Waals surface area contributed by atoms with Gasteiger partial charge in [0.05, 0.1) is 203 Å². The lowest BCUT2D eigenvalue weighted by molar-refractivity contribution is -0.145. The molecule has 1 aliphatic carbocycles. The van der Waals surface area contributed by atoms with E-state index in [1.807, 2.05) is 178 Å². The van der Waals surface area contributed by atoms with Crippen LogP contribution < -0.4 is 58.1 Å². The molecule has 8 aromatic carbocycles. The van der Waals surface area contributed by atoms with E-state index in [1.165, 1.54) is 32.1 Å². The molecule has 1 amide bonds. The molecule has 3 aliphatic rings. The van der Waals surface area contributed by atoms with Crippen LogP contribution in [0.3, 0.4) is 0 Å². The van der Waals surface area contributed by atoms with Gasteiger partial charge < -0.3 is 72.8 Å². The molecule has 11 heterocycles. The van der Waals surface area contributed by atoms with E-state index in [2.05, 4.69) is 87.2 Å². The number of esters is 1. The number of carbonyl (C=O) groups excluding carboxylic acids is 2. The number of carbonyl (C=O) groups is 2. The van der Waals surface area contributed by atoms with E-state index < -0.39 is 0 Å². The van der Waals surface area contributed by atoms with Crippen LogP contribution in [0.1, 0.15) is 43.4 Å². The number of likely N-dealkylation sites (tertiary alicyclic amines) is 2. The van der Waals surface area contributed by atoms with Crippen LogP contribution in [0.25, 0.3) is 89.2 Å². The summed E-state index contributed by atoms with van der Waals surface area (Å²) in [6.45, 7) is 6.91. The fourth-order valence-corrected chi connectivity index (χ4v) is 18.4. The summed E-state index contributed by atoms with van der Waals surface area (Å²) >= 11 is 7.76. The Hall–Kier alpha value is -15.2. The molecular formula is C105H113ClFN23O11S2. The molecule has 1 unspecified atom stereocenters. The number of fused-ring (bicyclic) bond motifs is 4. The number of amides is 1. The monoisotopic (exact) mass is 1990 g/mol. The van der Waals surface area contributed by atoms with Crippen LogP contribution in [0.5, 0.6) is 40.2 Å². The lowest BCUT2D eigenvalue weighted by atomic mass is 9.98. The number of hydrogen-bond donors (Lipinski definition) is 3. The molecule has 0 radical (unpaired) electrons. The summed E-state index contributed by atoms with van der Waals surface area (Å²) in [5, 5.41) is 31.9. The number of aliphatic hydroxyl groups excluding tert-OH is 1. The van der Waals surface area contributed by atoms with Crippen LogP contribution in [0, 0.1) is 17.7 Å². The summed E-state index contributed by atoms with van der Waals surface area (Å²) < 4.78 is 63.7. The fourth-order valence-electron chi connectivity index (χ4n) is 17.3. The van der Waals surface area contributed by atoms with Gasteiger partial charge in [-0.3, -0.25) is 53.6 Å². The summed E-state index contributed by atoms with van der Waals surface area (Å²) in [5.74, 6) is 4.87. The molecule has 2 aliphatic heterocycles. The van der Waals surface area contributed by atoms with Gasteiger partial charge >= 0.3 is 5.97 Å². The first kappa shape index (κ1) is 101. The van der Waals surface area contributed by atoms with Crippen molar-refractivity contribution < 1.29 is 57.0 Å². The molecule has 0 spiro atoms. The summed E-state index contributed by atoms with van der Waals surface area (Å²) in [6, 6.07) is 49.9. The number of thiophene rings is 1. The minimum Gasteiger partial charge on any atom is -0.497 e. The molecule has 38 heteroatoms. The van der Waals surface area contributed by atoms with Gasteiger partial charge in [-0.05, 0) is 156 Å². The number of hydrogen-bond acceptors (Lipinski definition) is 30. The number of aliphatic hydroxyl groups is 1. The van der Waals surface area contributed by atoms with Crippen molar-refractivity contribution in [2.45, 2.75) is 57.7 Å². The van der Waals surface area contributed by atoms with Crippen molar-refractivity contribution in [1.29, 1.82) is 0 Å². The Labute approximate surface area is 842 Å². The number of anilines is 8. The normalized spacial score (nSPS) is 14.0. The van der Waals surface area contributed by atoms with Gasteiger partial charge in [-0.25, -0.2) is 24.3 Å². The highest BCUT2D eigenvalue weighted by atomic mass is 35.5. The average Bonchev–Trinajstić information content (AvgIpc) is 1.78. The quantitative estimate of drug-likeness (QED) is 0.0322. The van der Waals surface area contributed by atoms with Crippen LogP contribution in [-0.4, -0.2) is 235 Å². The van der Waals surface area contributed by atoms with E-state index >= 15 is 0 Å². The zero-order valence-electron chi connectivity index (χ0n) is 81.3. The van der Waals surface area contributed by atoms with Crippen molar-refractivity contribution in [3.05, 3.63) is 247 Å². The third kappa shape index (κ3) is 25.1. The summed E-state index contributed by atoms with van der Waals surface area (Å²) in [7, 11) is 18.6. The number of nitrogens with one attached hydrogen (secondary N) is 2. The standard InChI is InChI=1S/C29H35N7O3.C28H32N6O4.C24H20ClN5O2S.C24H24FN5O2.H2S/c1-34-10-5-6-20(18-34)29(37)30-9-11-36(23-12-24(38-3)15-25(13-23)39-4)22-7-8-26-27(14-22)33-28(17-31-26)21-16-32-35(2)19-21;1-32-18-19(16-30-32)26-17-29-24-8-7-20(14-25(24)31-26)34(21-12-22(36-2)15-23(13-21)37-3)11-10-33-9-5-6-27(33)28(35)38-4;1-31-18-7-17(8-19(10-18)32-2)30(14-20-4-6-24(25)33-20)16-3-5-21-22(9-16)29-23(13-26-21)15-11-27-28-12-15;1-32-21-9-18(25)8-20(10-21)30(14-16-2-3-16)19-4-5-22-23(11-19)28-24(13-26-22)17-12-27-29(15-17)6-7-31;/h7-8,12-17,19-20H,5-6,9-11,18H2,1-4H3,(H,30,37);7-8,12-18,27H,5-6,9-11H2,1-4H3;3-13H,14H2,1-2H3,(H,27,28);4-5,8-13,15-16,31H,2-3,6-7,14H2,1H3;1H2/t;27-;;;/m.0.../s1. The van der Waals surface area contributed by atoms with Gasteiger partial charge in [-0.15, -0.1) is 11.3 Å². The molecular weight excluding hydrogens is 1880 g/mol. The average molecular weight is 1990 g/mol. The fraction of sp³-hybridized carbons (Fsp3) is 0.295. The van der Waals surface area contributed by atoms with Crippen molar-refractivity contribution in [3.63, 3.8) is 0 Å². The van der Waals surface area contributed by atoms with Crippen LogP contribution in [0.4, 0.5) is 49.9 Å². The van der Waals surface area contributed by atoms with Crippen molar-refractivity contribution in [1.82, 2.24) is 94.5 Å². The predicted molar refractivity (Wildman–Crippen MR) is 559 cm³/mol. The highest BCUT2D eigenvalue weighted by Gasteiger charge is 2.33. The summed E-state index contributed by atoms with van der Waals surface area (Å²) in [6.07, 6.45) is 27.6. The van der Waals surface area contributed by atoms with Crippen LogP contribution in [-0.2, 0) is 41.5 Å². The maximum Gasteiger partial charge on any atom is 0.323 e. The van der Waals surface area contributed by atoms with Crippen LogP contribution >= 0.6 is 36.4 Å². The Morgan fingerprint density at radius 3 is 1.34 bits per heavy atom. The van der Waals surface area contributed by atoms with Gasteiger partial charge in [0.15, 0.2) is 0 Å². The van der Waals surface area contributed by atoms with Crippen molar-refractivity contribution in [2.24, 2.45) is 25.9 Å². The van der Waals surface area contributed by atoms with E-state index in [4.69, 9.17) is 74.5 Å². The van der Waals surface area contributed by atoms with Gasteiger partial charge in [0.25, 0.3) is 0 Å². The topological polar surface area (TPSA) is 345 Å². The molecule has 34 nitrogen and oxygen atoms in total. The van der Waals surface area contributed by atoms with Gasteiger partial charge in [0.1, 0.15) is 52.1 Å². The van der Waals surface area contributed by atoms with Gasteiger partial charge in [-0.2, -0.15) is 33.9 Å². The maximum atomic E-state index is 14.2. The number of aryl methyl sites for hydroxylation is 2. The number of rotatable bonds is 33. The molecule has 20 rings (SSSR count). The molecule has 1 saturated carbocycles. The highest BCUT2D eigenvalue weighted by molar-refractivity contribution is 7.59. The smallest absolute Gasteiger partial charge is 0.323 e. The Morgan fingerprint density at radius 2 is 0.909 bits per heavy atom.